The Bertz CT molecular complexity index is 291. The summed E-state index contributed by atoms with van der Waals surface area (Å²) in [6.07, 6.45) is 0. The van der Waals surface area contributed by atoms with Crippen molar-refractivity contribution in [2.24, 2.45) is 5.92 Å². The fourth-order valence-corrected chi connectivity index (χ4v) is 3.40. The quantitative estimate of drug-likeness (QED) is 0.618. The number of hydrogen-bond donors (Lipinski definition) is 1. The van der Waals surface area contributed by atoms with Crippen molar-refractivity contribution in [3.05, 3.63) is 0 Å². The molecule has 0 rings (SSSR count). The van der Waals surface area contributed by atoms with Gasteiger partial charge in [0, 0.05) is 51.3 Å². The van der Waals surface area contributed by atoms with Gasteiger partial charge in [-0.1, -0.05) is 48.0 Å². The molecule has 0 atom stereocenters. The molecular weight excluding hydrogens is 302 g/mol. The highest BCUT2D eigenvalue weighted by molar-refractivity contribution is 8.23. The van der Waals surface area contributed by atoms with Gasteiger partial charge in [-0.3, -0.25) is 0 Å². The van der Waals surface area contributed by atoms with Gasteiger partial charge in [0.15, 0.2) is 0 Å². The molecular formula is C11H21N3S4. The van der Waals surface area contributed by atoms with Crippen LogP contribution >= 0.6 is 48.0 Å². The average Bonchev–Trinajstić information content (AvgIpc) is 2.27. The lowest BCUT2D eigenvalue weighted by Crippen LogP contribution is -2.23. The largest absolute Gasteiger partial charge is 0.364 e. The standard InChI is InChI=1S/C11H21N3S4/c1-8(12)9(6-17-10(15)13(2)3)7-18-11(16)14(4)5/h9,12H,6-7H2,1-5H3. The molecule has 0 amide bonds. The van der Waals surface area contributed by atoms with Gasteiger partial charge in [-0.15, -0.1) is 0 Å². The fourth-order valence-electron chi connectivity index (χ4n) is 0.900. The number of rotatable bonds is 5. The van der Waals surface area contributed by atoms with Crippen LogP contribution in [0, 0.1) is 11.3 Å². The minimum absolute atomic E-state index is 0.218. The van der Waals surface area contributed by atoms with Crippen LogP contribution < -0.4 is 0 Å². The van der Waals surface area contributed by atoms with Crippen LogP contribution in [0.4, 0.5) is 0 Å². The van der Waals surface area contributed by atoms with Crippen molar-refractivity contribution in [3.8, 4) is 0 Å². The summed E-state index contributed by atoms with van der Waals surface area (Å²) in [7, 11) is 7.77. The van der Waals surface area contributed by atoms with E-state index in [-0.39, 0.29) is 5.92 Å². The molecule has 7 heteroatoms. The van der Waals surface area contributed by atoms with Gasteiger partial charge in [0.25, 0.3) is 0 Å². The zero-order valence-electron chi connectivity index (χ0n) is 11.5. The van der Waals surface area contributed by atoms with Crippen molar-refractivity contribution >= 4 is 62.3 Å². The van der Waals surface area contributed by atoms with Gasteiger partial charge < -0.3 is 15.2 Å². The van der Waals surface area contributed by atoms with E-state index >= 15 is 0 Å². The number of hydrogen-bond acceptors (Lipinski definition) is 5. The van der Waals surface area contributed by atoms with Crippen molar-refractivity contribution in [1.29, 1.82) is 5.41 Å². The maximum absolute atomic E-state index is 7.81. The summed E-state index contributed by atoms with van der Waals surface area (Å²) in [4.78, 5) is 3.85. The summed E-state index contributed by atoms with van der Waals surface area (Å²) in [6.45, 7) is 1.85. The van der Waals surface area contributed by atoms with Crippen LogP contribution in [0.25, 0.3) is 0 Å². The van der Waals surface area contributed by atoms with Crippen LogP contribution in [0.2, 0.25) is 0 Å². The Morgan fingerprint density at radius 3 is 1.56 bits per heavy atom. The first kappa shape index (κ1) is 18.1. The lowest BCUT2D eigenvalue weighted by atomic mass is 10.1. The van der Waals surface area contributed by atoms with Gasteiger partial charge in [-0.2, -0.15) is 0 Å². The Labute approximate surface area is 130 Å². The highest BCUT2D eigenvalue weighted by Crippen LogP contribution is 2.19. The topological polar surface area (TPSA) is 30.3 Å². The molecule has 0 spiro atoms. The number of thioether (sulfide) groups is 2. The molecule has 0 aromatic heterocycles. The molecule has 1 N–H and O–H groups in total. The monoisotopic (exact) mass is 323 g/mol. The van der Waals surface area contributed by atoms with Gasteiger partial charge in [0.2, 0.25) is 0 Å². The predicted octanol–water partition coefficient (Wildman–Crippen LogP) is 2.80. The average molecular weight is 324 g/mol. The predicted molar refractivity (Wildman–Crippen MR) is 94.4 cm³/mol. The second kappa shape index (κ2) is 9.12. The maximum Gasteiger partial charge on any atom is 0.135 e. The summed E-state index contributed by atoms with van der Waals surface area (Å²) in [5, 5.41) is 7.81. The normalized spacial score (nSPS) is 10.3. The molecule has 0 unspecified atom stereocenters. The molecule has 0 saturated carbocycles. The third-order valence-corrected chi connectivity index (χ3v) is 5.96. The second-order valence-electron chi connectivity index (χ2n) is 4.32. The van der Waals surface area contributed by atoms with E-state index in [1.165, 1.54) is 0 Å². The van der Waals surface area contributed by atoms with E-state index in [0.717, 1.165) is 20.1 Å². The van der Waals surface area contributed by atoms with Gasteiger partial charge >= 0.3 is 0 Å². The summed E-state index contributed by atoms with van der Waals surface area (Å²) in [6, 6.07) is 0. The Morgan fingerprint density at radius 2 is 1.33 bits per heavy atom. The zero-order valence-corrected chi connectivity index (χ0v) is 14.8. The second-order valence-corrected chi connectivity index (χ2v) is 7.63. The lowest BCUT2D eigenvalue weighted by molar-refractivity contribution is 0.647. The van der Waals surface area contributed by atoms with E-state index in [9.17, 15) is 0 Å². The molecule has 0 aliphatic rings. The van der Waals surface area contributed by atoms with E-state index in [2.05, 4.69) is 0 Å². The molecule has 0 aromatic carbocycles. The minimum atomic E-state index is 0.218. The molecule has 18 heavy (non-hydrogen) atoms. The van der Waals surface area contributed by atoms with Crippen LogP contribution in [0.3, 0.4) is 0 Å². The molecule has 0 aliphatic heterocycles. The third-order valence-electron chi connectivity index (χ3n) is 2.16. The Morgan fingerprint density at radius 1 is 1.00 bits per heavy atom. The summed E-state index contributed by atoms with van der Waals surface area (Å²) >= 11 is 13.7. The van der Waals surface area contributed by atoms with Crippen LogP contribution in [-0.2, 0) is 0 Å². The highest BCUT2D eigenvalue weighted by atomic mass is 32.2. The van der Waals surface area contributed by atoms with Crippen molar-refractivity contribution in [1.82, 2.24) is 9.80 Å². The van der Waals surface area contributed by atoms with Crippen molar-refractivity contribution < 1.29 is 0 Å². The molecule has 104 valence electrons. The Kier molecular flexibility index (Phi) is 9.19. The molecule has 0 fully saturated rings. The van der Waals surface area contributed by atoms with Gasteiger partial charge in [0.1, 0.15) is 8.64 Å². The molecule has 0 aliphatic carbocycles. The lowest BCUT2D eigenvalue weighted by Gasteiger charge is -2.19. The molecule has 0 saturated heterocycles. The summed E-state index contributed by atoms with van der Waals surface area (Å²) < 4.78 is 1.72. The van der Waals surface area contributed by atoms with Gasteiger partial charge in [-0.05, 0) is 6.92 Å². The first-order valence-corrected chi connectivity index (χ1v) is 8.27. The van der Waals surface area contributed by atoms with Crippen molar-refractivity contribution in [2.75, 3.05) is 39.7 Å². The fraction of sp³-hybridized carbons (Fsp3) is 0.727. The summed E-state index contributed by atoms with van der Waals surface area (Å²) in [5.74, 6) is 1.90. The SMILES string of the molecule is CC(=N)C(CSC(=S)N(C)C)CSC(=S)N(C)C. The molecule has 0 aromatic rings. The van der Waals surface area contributed by atoms with Crippen LogP contribution in [0.5, 0.6) is 0 Å². The Balaban J connectivity index is 4.20. The third kappa shape index (κ3) is 7.56. The van der Waals surface area contributed by atoms with Crippen LogP contribution in [0.1, 0.15) is 6.92 Å². The summed E-state index contributed by atoms with van der Waals surface area (Å²) in [5.41, 5.74) is 0.693. The number of nitrogens with zero attached hydrogens (tertiary/aromatic N) is 2. The molecule has 3 nitrogen and oxygen atoms in total. The number of thiocarbonyl (C=S) groups is 2. The molecule has 0 bridgehead atoms. The minimum Gasteiger partial charge on any atom is -0.364 e. The van der Waals surface area contributed by atoms with E-state index in [1.54, 1.807) is 23.5 Å². The van der Waals surface area contributed by atoms with E-state index in [4.69, 9.17) is 29.8 Å². The Hall–Kier alpha value is 0.150. The zero-order chi connectivity index (χ0) is 14.3. The van der Waals surface area contributed by atoms with E-state index in [1.807, 2.05) is 44.9 Å². The van der Waals surface area contributed by atoms with Crippen LogP contribution in [-0.4, -0.2) is 63.8 Å². The first-order valence-electron chi connectivity index (χ1n) is 5.49. The molecule has 0 heterocycles. The van der Waals surface area contributed by atoms with Crippen molar-refractivity contribution in [2.45, 2.75) is 6.92 Å². The van der Waals surface area contributed by atoms with Crippen LogP contribution in [0.15, 0.2) is 0 Å². The smallest absolute Gasteiger partial charge is 0.135 e. The van der Waals surface area contributed by atoms with Crippen molar-refractivity contribution in [3.63, 3.8) is 0 Å². The van der Waals surface area contributed by atoms with E-state index in [0.29, 0.717) is 5.71 Å². The number of nitrogens with one attached hydrogen (secondary N) is 1. The molecule has 0 radical (unpaired) electrons. The first-order chi connectivity index (χ1) is 8.25. The van der Waals surface area contributed by atoms with Gasteiger partial charge in [-0.25, -0.2) is 0 Å². The van der Waals surface area contributed by atoms with Gasteiger partial charge in [0.05, 0.1) is 0 Å². The maximum atomic E-state index is 7.81. The highest BCUT2D eigenvalue weighted by Gasteiger charge is 2.15. The van der Waals surface area contributed by atoms with E-state index < -0.39 is 0 Å².